The average molecular weight is 348 g/mol. The van der Waals surface area contributed by atoms with Crippen LogP contribution in [-0.4, -0.2) is 27.8 Å². The molecular weight excluding hydrogens is 334 g/mol. The second-order valence-electron chi connectivity index (χ2n) is 4.92. The number of rotatable bonds is 4. The van der Waals surface area contributed by atoms with Crippen LogP contribution >= 0.6 is 22.9 Å². The van der Waals surface area contributed by atoms with Crippen molar-refractivity contribution in [2.24, 2.45) is 0 Å². The highest BCUT2D eigenvalue weighted by molar-refractivity contribution is 7.12. The van der Waals surface area contributed by atoms with Gasteiger partial charge >= 0.3 is 5.97 Å². The van der Waals surface area contributed by atoms with E-state index >= 15 is 0 Å². The number of hydrogen-bond acceptors (Lipinski definition) is 5. The molecule has 0 spiro atoms. The molecule has 2 aromatic heterocycles. The van der Waals surface area contributed by atoms with Gasteiger partial charge in [-0.15, -0.1) is 11.3 Å². The Hall–Kier alpha value is -2.18. The number of halogens is 1. The first-order valence-corrected chi connectivity index (χ1v) is 8.16. The summed E-state index contributed by atoms with van der Waals surface area (Å²) >= 11 is 7.47. The van der Waals surface area contributed by atoms with E-state index in [2.05, 4.69) is 10.1 Å². The van der Waals surface area contributed by atoms with Gasteiger partial charge in [-0.05, 0) is 19.1 Å². The largest absolute Gasteiger partial charge is 0.469 e. The van der Waals surface area contributed by atoms with Gasteiger partial charge in [-0.1, -0.05) is 23.7 Å². The molecule has 0 fully saturated rings. The molecule has 1 aromatic carbocycles. The fourth-order valence-corrected chi connectivity index (χ4v) is 3.07. The Labute approximate surface area is 142 Å². The lowest BCUT2D eigenvalue weighted by atomic mass is 10.0. The van der Waals surface area contributed by atoms with Crippen LogP contribution in [0.2, 0.25) is 5.02 Å². The van der Waals surface area contributed by atoms with Gasteiger partial charge in [-0.25, -0.2) is 4.68 Å². The number of aryl methyl sites for hydroxylation is 1. The number of esters is 1. The molecule has 2 heterocycles. The summed E-state index contributed by atoms with van der Waals surface area (Å²) in [7, 11) is 1.38. The normalized spacial score (nSPS) is 10.7. The number of hydrogen-bond donors (Lipinski definition) is 0. The van der Waals surface area contributed by atoms with E-state index in [0.717, 1.165) is 27.5 Å². The summed E-state index contributed by atoms with van der Waals surface area (Å²) in [5, 5.41) is 6.13. The highest BCUT2D eigenvalue weighted by atomic mass is 35.5. The van der Waals surface area contributed by atoms with E-state index in [0.29, 0.717) is 5.02 Å². The first kappa shape index (κ1) is 15.7. The average Bonchev–Trinajstić information content (AvgIpc) is 3.17. The molecule has 0 N–H and O–H groups in total. The summed E-state index contributed by atoms with van der Waals surface area (Å²) in [5.41, 5.74) is 5.16. The third kappa shape index (κ3) is 3.13. The molecule has 3 rings (SSSR count). The first-order chi connectivity index (χ1) is 11.1. The lowest BCUT2D eigenvalue weighted by Gasteiger charge is -2.08. The van der Waals surface area contributed by atoms with Gasteiger partial charge in [-0.2, -0.15) is 5.10 Å². The van der Waals surface area contributed by atoms with Crippen molar-refractivity contribution in [3.8, 4) is 16.3 Å². The van der Waals surface area contributed by atoms with E-state index in [1.165, 1.54) is 18.4 Å². The molecule has 118 valence electrons. The smallest absolute Gasteiger partial charge is 0.310 e. The van der Waals surface area contributed by atoms with Crippen molar-refractivity contribution in [2.75, 3.05) is 7.11 Å². The fourth-order valence-electron chi connectivity index (χ4n) is 2.37. The molecule has 5 nitrogen and oxygen atoms in total. The highest BCUT2D eigenvalue weighted by Crippen LogP contribution is 2.31. The maximum atomic E-state index is 11.8. The zero-order valence-corrected chi connectivity index (χ0v) is 14.2. The molecule has 23 heavy (non-hydrogen) atoms. The minimum absolute atomic E-state index is 0.166. The topological polar surface area (TPSA) is 57.0 Å². The van der Waals surface area contributed by atoms with E-state index in [1.807, 2.05) is 35.9 Å². The van der Waals surface area contributed by atoms with Gasteiger partial charge in [0.15, 0.2) is 0 Å². The molecule has 0 aliphatic heterocycles. The number of ether oxygens (including phenoxy) is 1. The van der Waals surface area contributed by atoms with Crippen LogP contribution in [0.4, 0.5) is 0 Å². The summed E-state index contributed by atoms with van der Waals surface area (Å²) in [6, 6.07) is 7.46. The van der Waals surface area contributed by atoms with Crippen molar-refractivity contribution in [2.45, 2.75) is 13.3 Å². The lowest BCUT2D eigenvalue weighted by molar-refractivity contribution is -0.139. The van der Waals surface area contributed by atoms with Crippen molar-refractivity contribution in [1.82, 2.24) is 14.8 Å². The Kier molecular flexibility index (Phi) is 4.45. The Morgan fingerprint density at radius 2 is 2.09 bits per heavy atom. The zero-order chi connectivity index (χ0) is 16.4. The predicted molar refractivity (Wildman–Crippen MR) is 90.1 cm³/mol. The monoisotopic (exact) mass is 347 g/mol. The van der Waals surface area contributed by atoms with Crippen LogP contribution in [0.5, 0.6) is 0 Å². The molecule has 0 bridgehead atoms. The van der Waals surface area contributed by atoms with E-state index < -0.39 is 0 Å². The number of aromatic nitrogens is 3. The van der Waals surface area contributed by atoms with Crippen LogP contribution in [0.15, 0.2) is 36.0 Å². The number of methoxy groups -OCH3 is 1. The third-order valence-corrected chi connectivity index (χ3v) is 4.48. The standard InChI is InChI=1S/C16H14ClN3O2S/c1-10-13(7-15(21)22-2)16(11-3-5-12(17)6-4-11)20(19-10)14-8-18-9-23-14/h3-6,8-9H,7H2,1-2H3. The molecule has 0 atom stereocenters. The number of nitrogens with zero attached hydrogens (tertiary/aromatic N) is 3. The molecule has 7 heteroatoms. The van der Waals surface area contributed by atoms with Crippen LogP contribution in [0.3, 0.4) is 0 Å². The minimum atomic E-state index is -0.299. The Balaban J connectivity index is 2.19. The SMILES string of the molecule is COC(=O)Cc1c(C)nn(-c2cncs2)c1-c1ccc(Cl)cc1. The van der Waals surface area contributed by atoms with Gasteiger partial charge in [0, 0.05) is 16.1 Å². The maximum absolute atomic E-state index is 11.8. The molecule has 0 saturated heterocycles. The van der Waals surface area contributed by atoms with Crippen LogP contribution in [-0.2, 0) is 16.0 Å². The van der Waals surface area contributed by atoms with Gasteiger partial charge < -0.3 is 4.74 Å². The fraction of sp³-hybridized carbons (Fsp3) is 0.188. The molecule has 0 radical (unpaired) electrons. The van der Waals surface area contributed by atoms with Crippen LogP contribution < -0.4 is 0 Å². The lowest BCUT2D eigenvalue weighted by Crippen LogP contribution is -2.06. The third-order valence-electron chi connectivity index (χ3n) is 3.48. The Morgan fingerprint density at radius 1 is 1.35 bits per heavy atom. The summed E-state index contributed by atoms with van der Waals surface area (Å²) in [6.07, 6.45) is 1.91. The quantitative estimate of drug-likeness (QED) is 0.676. The second kappa shape index (κ2) is 6.52. The second-order valence-corrected chi connectivity index (χ2v) is 6.23. The van der Waals surface area contributed by atoms with Gasteiger partial charge in [0.1, 0.15) is 5.00 Å². The minimum Gasteiger partial charge on any atom is -0.469 e. The highest BCUT2D eigenvalue weighted by Gasteiger charge is 2.21. The number of benzene rings is 1. The molecular formula is C16H14ClN3O2S. The summed E-state index contributed by atoms with van der Waals surface area (Å²) < 4.78 is 6.63. The first-order valence-electron chi connectivity index (χ1n) is 6.90. The van der Waals surface area contributed by atoms with Crippen LogP contribution in [0, 0.1) is 6.92 Å². The molecule has 0 saturated carbocycles. The zero-order valence-electron chi connectivity index (χ0n) is 12.6. The number of carbonyl (C=O) groups excluding carboxylic acids is 1. The molecule has 0 unspecified atom stereocenters. The van der Waals surface area contributed by atoms with Gasteiger partial charge in [-0.3, -0.25) is 9.78 Å². The van der Waals surface area contributed by atoms with Crippen molar-refractivity contribution in [1.29, 1.82) is 0 Å². The van der Waals surface area contributed by atoms with E-state index in [1.54, 1.807) is 11.7 Å². The van der Waals surface area contributed by atoms with Crippen molar-refractivity contribution >= 4 is 28.9 Å². The van der Waals surface area contributed by atoms with Gasteiger partial charge in [0.2, 0.25) is 0 Å². The van der Waals surface area contributed by atoms with Crippen LogP contribution in [0.25, 0.3) is 16.3 Å². The summed E-state index contributed by atoms with van der Waals surface area (Å²) in [4.78, 5) is 15.9. The summed E-state index contributed by atoms with van der Waals surface area (Å²) in [6.45, 7) is 1.88. The molecule has 0 amide bonds. The predicted octanol–water partition coefficient (Wildman–Crippen LogP) is 3.67. The van der Waals surface area contributed by atoms with Gasteiger partial charge in [0.25, 0.3) is 0 Å². The molecule has 0 aliphatic carbocycles. The van der Waals surface area contributed by atoms with Crippen molar-refractivity contribution in [3.05, 3.63) is 52.3 Å². The Bertz CT molecular complexity index is 826. The van der Waals surface area contributed by atoms with Gasteiger partial charge in [0.05, 0.1) is 36.6 Å². The Morgan fingerprint density at radius 3 is 2.70 bits per heavy atom. The van der Waals surface area contributed by atoms with Crippen molar-refractivity contribution in [3.63, 3.8) is 0 Å². The maximum Gasteiger partial charge on any atom is 0.310 e. The van der Waals surface area contributed by atoms with E-state index in [-0.39, 0.29) is 12.4 Å². The van der Waals surface area contributed by atoms with E-state index in [9.17, 15) is 4.79 Å². The molecule has 0 aliphatic rings. The van der Waals surface area contributed by atoms with Crippen LogP contribution in [0.1, 0.15) is 11.3 Å². The number of thiazole rings is 1. The number of carbonyl (C=O) groups is 1. The summed E-state index contributed by atoms with van der Waals surface area (Å²) in [5.74, 6) is -0.299. The molecule has 3 aromatic rings. The van der Waals surface area contributed by atoms with E-state index in [4.69, 9.17) is 16.3 Å². The van der Waals surface area contributed by atoms with Crippen molar-refractivity contribution < 1.29 is 9.53 Å².